The van der Waals surface area contributed by atoms with Gasteiger partial charge in [-0.15, -0.1) is 0 Å². The first-order valence-electron chi connectivity index (χ1n) is 6.27. The molecule has 1 unspecified atom stereocenters. The van der Waals surface area contributed by atoms with E-state index in [-0.39, 0.29) is 6.04 Å². The van der Waals surface area contributed by atoms with Crippen LogP contribution in [0.1, 0.15) is 31.6 Å². The van der Waals surface area contributed by atoms with E-state index in [4.69, 9.17) is 10.5 Å². The first-order valence-corrected chi connectivity index (χ1v) is 6.27. The Bertz CT molecular complexity index is 344. The summed E-state index contributed by atoms with van der Waals surface area (Å²) in [7, 11) is 0. The number of hydrogen-bond donors (Lipinski definition) is 1. The molecule has 96 valence electrons. The minimum Gasteiger partial charge on any atom is -0.379 e. The van der Waals surface area contributed by atoms with E-state index in [1.54, 1.807) is 0 Å². The fourth-order valence-electron chi connectivity index (χ4n) is 2.35. The number of morpholine rings is 1. The lowest BCUT2D eigenvalue weighted by molar-refractivity contribution is 0.0162. The highest BCUT2D eigenvalue weighted by Crippen LogP contribution is 2.22. The van der Waals surface area contributed by atoms with Crippen molar-refractivity contribution >= 4 is 0 Å². The molecule has 0 amide bonds. The van der Waals surface area contributed by atoms with Crippen LogP contribution in [0.2, 0.25) is 0 Å². The molecule has 0 saturated carbocycles. The van der Waals surface area contributed by atoms with Gasteiger partial charge >= 0.3 is 0 Å². The Morgan fingerprint density at radius 1 is 1.41 bits per heavy atom. The topological polar surface area (TPSA) is 56.3 Å². The molecule has 0 aliphatic carbocycles. The van der Waals surface area contributed by atoms with Crippen molar-refractivity contribution in [2.45, 2.75) is 25.9 Å². The average Bonchev–Trinajstić information content (AvgIpc) is 2.81. The average molecular weight is 238 g/mol. The zero-order valence-corrected chi connectivity index (χ0v) is 10.7. The summed E-state index contributed by atoms with van der Waals surface area (Å²) in [4.78, 5) is 6.64. The van der Waals surface area contributed by atoms with Gasteiger partial charge in [0.25, 0.3) is 0 Å². The summed E-state index contributed by atoms with van der Waals surface area (Å²) in [6.45, 7) is 8.45. The van der Waals surface area contributed by atoms with Gasteiger partial charge in [0, 0.05) is 31.9 Å². The predicted molar refractivity (Wildman–Crippen MR) is 66.8 cm³/mol. The number of hydrogen-bond acceptors (Lipinski definition) is 4. The predicted octanol–water partition coefficient (Wildman–Crippen LogP) is 0.796. The van der Waals surface area contributed by atoms with Crippen LogP contribution in [-0.2, 0) is 4.74 Å². The molecule has 1 aliphatic heterocycles. The van der Waals surface area contributed by atoms with Crippen molar-refractivity contribution in [2.75, 3.05) is 32.8 Å². The molecule has 5 heteroatoms. The SMILES string of the molecule is CC(C)n1cncc1C(CN)N1CCOCC1. The van der Waals surface area contributed by atoms with Crippen LogP contribution in [0.3, 0.4) is 0 Å². The minimum atomic E-state index is 0.254. The first-order chi connectivity index (χ1) is 8.24. The lowest BCUT2D eigenvalue weighted by atomic mass is 10.1. The van der Waals surface area contributed by atoms with Crippen molar-refractivity contribution < 1.29 is 4.74 Å². The molecule has 2 rings (SSSR count). The largest absolute Gasteiger partial charge is 0.379 e. The van der Waals surface area contributed by atoms with Gasteiger partial charge in [0.05, 0.1) is 31.3 Å². The Morgan fingerprint density at radius 2 is 2.12 bits per heavy atom. The summed E-state index contributed by atoms with van der Waals surface area (Å²) in [5.74, 6) is 0. The molecule has 1 aromatic rings. The van der Waals surface area contributed by atoms with Crippen molar-refractivity contribution in [3.8, 4) is 0 Å². The Morgan fingerprint density at radius 3 is 2.71 bits per heavy atom. The van der Waals surface area contributed by atoms with Gasteiger partial charge in [0.15, 0.2) is 0 Å². The number of aromatic nitrogens is 2. The molecule has 1 saturated heterocycles. The summed E-state index contributed by atoms with van der Waals surface area (Å²) in [6, 6.07) is 0.673. The van der Waals surface area contributed by atoms with E-state index in [1.807, 2.05) is 12.5 Å². The third kappa shape index (κ3) is 2.68. The highest BCUT2D eigenvalue weighted by molar-refractivity contribution is 5.08. The minimum absolute atomic E-state index is 0.254. The normalized spacial score (nSPS) is 19.8. The van der Waals surface area contributed by atoms with Gasteiger partial charge in [-0.2, -0.15) is 0 Å². The Labute approximate surface area is 103 Å². The zero-order valence-electron chi connectivity index (χ0n) is 10.7. The van der Waals surface area contributed by atoms with Crippen molar-refractivity contribution in [3.05, 3.63) is 18.2 Å². The van der Waals surface area contributed by atoms with Gasteiger partial charge in [-0.1, -0.05) is 0 Å². The monoisotopic (exact) mass is 238 g/mol. The summed E-state index contributed by atoms with van der Waals surface area (Å²) in [5.41, 5.74) is 7.15. The van der Waals surface area contributed by atoms with Crippen LogP contribution >= 0.6 is 0 Å². The molecule has 2 N–H and O–H groups in total. The summed E-state index contributed by atoms with van der Waals surface area (Å²) < 4.78 is 7.59. The van der Waals surface area contributed by atoms with Crippen LogP contribution in [0.5, 0.6) is 0 Å². The van der Waals surface area contributed by atoms with Gasteiger partial charge in [-0.3, -0.25) is 4.90 Å². The third-order valence-electron chi connectivity index (χ3n) is 3.30. The molecule has 0 spiro atoms. The van der Waals surface area contributed by atoms with Gasteiger partial charge in [-0.05, 0) is 13.8 Å². The number of rotatable bonds is 4. The molecule has 0 aromatic carbocycles. The van der Waals surface area contributed by atoms with Crippen molar-refractivity contribution in [3.63, 3.8) is 0 Å². The summed E-state index contributed by atoms with van der Waals surface area (Å²) >= 11 is 0. The van der Waals surface area contributed by atoms with Crippen LogP contribution < -0.4 is 5.73 Å². The van der Waals surface area contributed by atoms with Crippen LogP contribution in [0.15, 0.2) is 12.5 Å². The van der Waals surface area contributed by atoms with Gasteiger partial charge < -0.3 is 15.0 Å². The van der Waals surface area contributed by atoms with E-state index in [0.717, 1.165) is 26.3 Å². The van der Waals surface area contributed by atoms with E-state index in [2.05, 4.69) is 28.3 Å². The fourth-order valence-corrected chi connectivity index (χ4v) is 2.35. The number of imidazole rings is 1. The maximum absolute atomic E-state index is 5.94. The second kappa shape index (κ2) is 5.62. The van der Waals surface area contributed by atoms with Gasteiger partial charge in [0.1, 0.15) is 0 Å². The molecular weight excluding hydrogens is 216 g/mol. The Balaban J connectivity index is 2.18. The molecule has 0 bridgehead atoms. The van der Waals surface area contributed by atoms with E-state index >= 15 is 0 Å². The number of ether oxygens (including phenoxy) is 1. The fraction of sp³-hybridized carbons (Fsp3) is 0.750. The maximum Gasteiger partial charge on any atom is 0.0951 e. The van der Waals surface area contributed by atoms with Crippen molar-refractivity contribution in [2.24, 2.45) is 5.73 Å². The lowest BCUT2D eigenvalue weighted by Gasteiger charge is -2.34. The lowest BCUT2D eigenvalue weighted by Crippen LogP contribution is -2.42. The molecule has 1 fully saturated rings. The summed E-state index contributed by atoms with van der Waals surface area (Å²) in [6.07, 6.45) is 3.83. The van der Waals surface area contributed by atoms with E-state index in [1.165, 1.54) is 5.69 Å². The molecule has 1 aliphatic rings. The highest BCUT2D eigenvalue weighted by Gasteiger charge is 2.24. The Kier molecular flexibility index (Phi) is 4.15. The highest BCUT2D eigenvalue weighted by atomic mass is 16.5. The molecule has 0 radical (unpaired) electrons. The number of nitrogens with two attached hydrogens (primary N) is 1. The maximum atomic E-state index is 5.94. The zero-order chi connectivity index (χ0) is 12.3. The van der Waals surface area contributed by atoms with Crippen molar-refractivity contribution in [1.29, 1.82) is 0 Å². The molecule has 5 nitrogen and oxygen atoms in total. The quantitative estimate of drug-likeness (QED) is 0.843. The van der Waals surface area contributed by atoms with Crippen LogP contribution in [0.4, 0.5) is 0 Å². The molecule has 2 heterocycles. The van der Waals surface area contributed by atoms with Crippen LogP contribution in [-0.4, -0.2) is 47.3 Å². The smallest absolute Gasteiger partial charge is 0.0951 e. The third-order valence-corrected chi connectivity index (χ3v) is 3.30. The first kappa shape index (κ1) is 12.5. The molecule has 1 aromatic heterocycles. The number of nitrogens with zero attached hydrogens (tertiary/aromatic N) is 3. The van der Waals surface area contributed by atoms with E-state index in [0.29, 0.717) is 12.6 Å². The van der Waals surface area contributed by atoms with Crippen LogP contribution in [0, 0.1) is 0 Å². The molecule has 1 atom stereocenters. The molecular formula is C12H22N4O. The van der Waals surface area contributed by atoms with Crippen molar-refractivity contribution in [1.82, 2.24) is 14.5 Å². The Hall–Kier alpha value is -0.910. The summed E-state index contributed by atoms with van der Waals surface area (Å²) in [5, 5.41) is 0. The van der Waals surface area contributed by atoms with E-state index < -0.39 is 0 Å². The second-order valence-electron chi connectivity index (χ2n) is 4.72. The van der Waals surface area contributed by atoms with Crippen LogP contribution in [0.25, 0.3) is 0 Å². The standard InChI is InChI=1S/C12H22N4O/c1-10(2)16-9-14-8-12(16)11(7-13)15-3-5-17-6-4-15/h8-11H,3-7,13H2,1-2H3. The van der Waals surface area contributed by atoms with E-state index in [9.17, 15) is 0 Å². The van der Waals surface area contributed by atoms with Gasteiger partial charge in [-0.25, -0.2) is 4.98 Å². The second-order valence-corrected chi connectivity index (χ2v) is 4.72. The molecule has 17 heavy (non-hydrogen) atoms. The van der Waals surface area contributed by atoms with Gasteiger partial charge in [0.2, 0.25) is 0 Å².